The molecule has 0 N–H and O–H groups in total. The van der Waals surface area contributed by atoms with Crippen LogP contribution in [0.4, 0.5) is 0 Å². The van der Waals surface area contributed by atoms with Crippen molar-refractivity contribution >= 4 is 11.9 Å². The molecule has 0 bridgehead atoms. The molecule has 3 aromatic carbocycles. The van der Waals surface area contributed by atoms with E-state index in [1.807, 2.05) is 19.1 Å². The predicted molar refractivity (Wildman–Crippen MR) is 182 cm³/mol. The topological polar surface area (TPSA) is 80.3 Å². The van der Waals surface area contributed by atoms with E-state index in [4.69, 9.17) is 30.1 Å². The maximum absolute atomic E-state index is 13.4. The molecule has 7 heteroatoms. The quantitative estimate of drug-likeness (QED) is 0.138. The van der Waals surface area contributed by atoms with Gasteiger partial charge in [0, 0.05) is 5.92 Å². The largest absolute Gasteiger partial charge is 0.454 e. The fraction of sp³-hybridized carbons (Fsp3) is 0.450. The molecule has 1 heterocycles. The molecule has 0 aromatic heterocycles. The average molecular weight is 641 g/mol. The molecule has 3 aromatic rings. The van der Waals surface area contributed by atoms with Crippen LogP contribution in [-0.4, -0.2) is 49.8 Å². The monoisotopic (exact) mass is 640 g/mol. The van der Waals surface area contributed by atoms with Crippen LogP contribution in [0.5, 0.6) is 0 Å². The highest BCUT2D eigenvalue weighted by Gasteiger charge is 2.49. The zero-order chi connectivity index (χ0) is 34.1. The Balaban J connectivity index is 1.62. The van der Waals surface area contributed by atoms with E-state index in [0.29, 0.717) is 35.5 Å². The molecule has 7 nitrogen and oxygen atoms in total. The first kappa shape index (κ1) is 35.9. The summed E-state index contributed by atoms with van der Waals surface area (Å²) < 4.78 is 30.8. The molecule has 0 saturated carbocycles. The molecule has 1 saturated heterocycles. The molecule has 0 amide bonds. The van der Waals surface area contributed by atoms with Gasteiger partial charge in [0.05, 0.1) is 30.4 Å². The summed E-state index contributed by atoms with van der Waals surface area (Å²) >= 11 is 0. The number of hydrogen-bond donors (Lipinski definition) is 0. The van der Waals surface area contributed by atoms with Crippen molar-refractivity contribution < 1.29 is 33.3 Å². The minimum absolute atomic E-state index is 0.0942. The predicted octanol–water partition coefficient (Wildman–Crippen LogP) is 8.04. The summed E-state index contributed by atoms with van der Waals surface area (Å²) in [5.74, 6) is 1.93. The summed E-state index contributed by atoms with van der Waals surface area (Å²) in [6, 6.07) is 21.9. The molecule has 1 aliphatic rings. The van der Waals surface area contributed by atoms with Crippen molar-refractivity contribution in [1.29, 1.82) is 0 Å². The summed E-state index contributed by atoms with van der Waals surface area (Å²) in [4.78, 5) is 26.6. The fourth-order valence-corrected chi connectivity index (χ4v) is 5.87. The Morgan fingerprint density at radius 3 is 1.77 bits per heavy atom. The zero-order valence-corrected chi connectivity index (χ0v) is 28.6. The highest BCUT2D eigenvalue weighted by molar-refractivity contribution is 5.90. The highest BCUT2D eigenvalue weighted by atomic mass is 16.7. The second kappa shape index (κ2) is 16.7. The Kier molecular flexibility index (Phi) is 12.8. The lowest BCUT2D eigenvalue weighted by Crippen LogP contribution is -2.58. The van der Waals surface area contributed by atoms with E-state index < -0.39 is 42.5 Å². The minimum atomic E-state index is -1.10. The number of carbonyl (C=O) groups is 2. The Morgan fingerprint density at radius 2 is 1.30 bits per heavy atom. The van der Waals surface area contributed by atoms with Crippen LogP contribution in [0.1, 0.15) is 109 Å². The van der Waals surface area contributed by atoms with Crippen LogP contribution in [0.15, 0.2) is 72.8 Å². The van der Waals surface area contributed by atoms with Gasteiger partial charge in [-0.15, -0.1) is 6.42 Å². The highest BCUT2D eigenvalue weighted by Crippen LogP contribution is 2.35. The Morgan fingerprint density at radius 1 is 0.787 bits per heavy atom. The molecule has 1 unspecified atom stereocenters. The first-order chi connectivity index (χ1) is 22.5. The number of esters is 2. The number of ether oxygens (including phenoxy) is 5. The molecule has 47 heavy (non-hydrogen) atoms. The minimum Gasteiger partial charge on any atom is -0.454 e. The number of terminal acetylenes is 1. The van der Waals surface area contributed by atoms with E-state index >= 15 is 0 Å². The molecule has 0 radical (unpaired) electrons. The zero-order valence-electron chi connectivity index (χ0n) is 28.6. The van der Waals surface area contributed by atoms with Gasteiger partial charge in [0.1, 0.15) is 12.7 Å². The molecular weight excluding hydrogens is 592 g/mol. The van der Waals surface area contributed by atoms with Crippen LogP contribution < -0.4 is 0 Å². The normalized spacial score (nSPS) is 21.1. The van der Waals surface area contributed by atoms with Gasteiger partial charge in [-0.2, -0.15) is 0 Å². The lowest BCUT2D eigenvalue weighted by molar-refractivity contribution is -0.285. The second-order valence-corrected chi connectivity index (χ2v) is 13.0. The first-order valence-corrected chi connectivity index (χ1v) is 16.5. The van der Waals surface area contributed by atoms with Crippen LogP contribution in [0.25, 0.3) is 0 Å². The number of rotatable bonds is 13. The van der Waals surface area contributed by atoms with Crippen molar-refractivity contribution in [3.63, 3.8) is 0 Å². The van der Waals surface area contributed by atoms with Crippen molar-refractivity contribution in [1.82, 2.24) is 0 Å². The third-order valence-corrected chi connectivity index (χ3v) is 8.62. The van der Waals surface area contributed by atoms with Crippen molar-refractivity contribution in [2.45, 2.75) is 97.4 Å². The van der Waals surface area contributed by atoms with Gasteiger partial charge in [0.2, 0.25) is 0 Å². The van der Waals surface area contributed by atoms with Gasteiger partial charge in [-0.25, -0.2) is 9.59 Å². The second-order valence-electron chi connectivity index (χ2n) is 13.0. The molecule has 250 valence electrons. The van der Waals surface area contributed by atoms with Gasteiger partial charge >= 0.3 is 11.9 Å². The third-order valence-electron chi connectivity index (χ3n) is 8.62. The summed E-state index contributed by atoms with van der Waals surface area (Å²) in [5.41, 5.74) is 5.77. The molecule has 5 atom stereocenters. The number of hydrogen-bond acceptors (Lipinski definition) is 7. The van der Waals surface area contributed by atoms with Gasteiger partial charge in [0.15, 0.2) is 12.4 Å². The van der Waals surface area contributed by atoms with Crippen LogP contribution in [-0.2, 0) is 30.3 Å². The van der Waals surface area contributed by atoms with E-state index in [2.05, 4.69) is 59.6 Å². The van der Waals surface area contributed by atoms with Gasteiger partial charge in [-0.05, 0) is 64.3 Å². The SMILES string of the molecule is C#CCO[C@@H]1O[C@H](COCc2c(C(C)C)cc(C(C)C)cc2C(C)C)C(C)[C@H](OC(=O)c2ccccc2)[C@@H]1OC(=O)c1ccccc1. The standard InChI is InChI=1S/C40H48O7/c1-9-20-44-40-37(47-39(42)30-18-14-11-15-19-30)36(46-38(41)29-16-12-10-13-17-29)28(8)35(45-40)24-43-23-34-32(26(4)5)21-31(25(2)3)22-33(34)27(6)7/h1,10-19,21-22,25-28,35-37,40H,20,23-24H2,2-8H3/t28?,35-,36+,37+,40-/m1/s1. The van der Waals surface area contributed by atoms with Crippen molar-refractivity contribution in [2.24, 2.45) is 5.92 Å². The molecule has 1 aliphatic heterocycles. The van der Waals surface area contributed by atoms with Gasteiger partial charge < -0.3 is 23.7 Å². The van der Waals surface area contributed by atoms with Crippen LogP contribution in [0, 0.1) is 18.3 Å². The molecule has 4 rings (SSSR count). The van der Waals surface area contributed by atoms with Crippen LogP contribution in [0.3, 0.4) is 0 Å². The number of carbonyl (C=O) groups excluding carboxylic acids is 2. The molecular formula is C40H48O7. The van der Waals surface area contributed by atoms with E-state index in [-0.39, 0.29) is 13.2 Å². The fourth-order valence-electron chi connectivity index (χ4n) is 5.87. The van der Waals surface area contributed by atoms with E-state index in [1.165, 1.54) is 22.3 Å². The van der Waals surface area contributed by atoms with E-state index in [1.54, 1.807) is 48.5 Å². The average Bonchev–Trinajstić information content (AvgIpc) is 3.06. The number of benzene rings is 3. The van der Waals surface area contributed by atoms with Crippen LogP contribution >= 0.6 is 0 Å². The Labute approximate surface area is 279 Å². The van der Waals surface area contributed by atoms with E-state index in [0.717, 1.165) is 0 Å². The molecule has 0 aliphatic carbocycles. The lowest BCUT2D eigenvalue weighted by Gasteiger charge is -2.44. The van der Waals surface area contributed by atoms with E-state index in [9.17, 15) is 9.59 Å². The summed E-state index contributed by atoms with van der Waals surface area (Å²) in [7, 11) is 0. The maximum Gasteiger partial charge on any atom is 0.338 e. The molecule has 0 spiro atoms. The Hall–Kier alpha value is -3.96. The summed E-state index contributed by atoms with van der Waals surface area (Å²) in [6.45, 7) is 15.6. The van der Waals surface area contributed by atoms with Crippen molar-refractivity contribution in [3.8, 4) is 12.3 Å². The van der Waals surface area contributed by atoms with Gasteiger partial charge in [-0.1, -0.05) is 103 Å². The van der Waals surface area contributed by atoms with Gasteiger partial charge in [-0.3, -0.25) is 0 Å². The van der Waals surface area contributed by atoms with Crippen LogP contribution in [0.2, 0.25) is 0 Å². The summed E-state index contributed by atoms with van der Waals surface area (Å²) in [5, 5.41) is 0. The van der Waals surface area contributed by atoms with Crippen molar-refractivity contribution in [2.75, 3.05) is 13.2 Å². The van der Waals surface area contributed by atoms with Gasteiger partial charge in [0.25, 0.3) is 0 Å². The first-order valence-electron chi connectivity index (χ1n) is 16.5. The smallest absolute Gasteiger partial charge is 0.338 e. The molecule has 1 fully saturated rings. The third kappa shape index (κ3) is 9.10. The van der Waals surface area contributed by atoms with Crippen molar-refractivity contribution in [3.05, 3.63) is 106 Å². The summed E-state index contributed by atoms with van der Waals surface area (Å²) in [6.07, 6.45) is 1.89. The lowest BCUT2D eigenvalue weighted by atomic mass is 9.85. The maximum atomic E-state index is 13.4. The Bertz CT molecular complexity index is 1480.